The summed E-state index contributed by atoms with van der Waals surface area (Å²) < 4.78 is 136. The smallest absolute Gasteiger partial charge is 0.460 e. The van der Waals surface area contributed by atoms with Crippen molar-refractivity contribution in [2.75, 3.05) is 13.2 Å². The fourth-order valence-electron chi connectivity index (χ4n) is 5.04. The van der Waals surface area contributed by atoms with E-state index in [2.05, 4.69) is 11.7 Å². The van der Waals surface area contributed by atoms with Gasteiger partial charge in [0.2, 0.25) is 0 Å². The highest BCUT2D eigenvalue weighted by Crippen LogP contribution is 2.53. The molecule has 0 N–H and O–H groups in total. The van der Waals surface area contributed by atoms with Crippen LogP contribution >= 0.6 is 0 Å². The van der Waals surface area contributed by atoms with Gasteiger partial charge in [0.15, 0.2) is 0 Å². The van der Waals surface area contributed by atoms with Gasteiger partial charge in [-0.15, -0.1) is 0 Å². The Labute approximate surface area is 312 Å². The second-order valence-corrected chi connectivity index (χ2v) is 12.7. The van der Waals surface area contributed by atoms with Gasteiger partial charge in [0.25, 0.3) is 0 Å². The third-order valence-corrected chi connectivity index (χ3v) is 8.32. The first kappa shape index (κ1) is 44.6. The number of esters is 3. The Morgan fingerprint density at radius 1 is 0.582 bits per heavy atom. The van der Waals surface area contributed by atoms with Gasteiger partial charge in [0.1, 0.15) is 11.5 Å². The molecule has 0 saturated carbocycles. The van der Waals surface area contributed by atoms with Crippen molar-refractivity contribution in [2.45, 2.75) is 102 Å². The highest BCUT2D eigenvalue weighted by molar-refractivity contribution is 5.91. The molecular weight excluding hydrogens is 751 g/mol. The maximum Gasteiger partial charge on any atom is 0.460 e. The van der Waals surface area contributed by atoms with E-state index in [-0.39, 0.29) is 37.1 Å². The van der Waals surface area contributed by atoms with Crippen LogP contribution in [0.25, 0.3) is 11.1 Å². The molecule has 0 saturated heterocycles. The number of halogens is 9. The van der Waals surface area contributed by atoms with Crippen molar-refractivity contribution in [1.29, 1.82) is 0 Å². The molecule has 1 unspecified atom stereocenters. The van der Waals surface area contributed by atoms with E-state index >= 15 is 0 Å². The van der Waals surface area contributed by atoms with Crippen LogP contribution < -0.4 is 9.47 Å². The van der Waals surface area contributed by atoms with Gasteiger partial charge < -0.3 is 18.9 Å². The predicted octanol–water partition coefficient (Wildman–Crippen LogP) is 11.0. The molecule has 0 radical (unpaired) electrons. The molecule has 0 fully saturated rings. The molecule has 0 bridgehead atoms. The summed E-state index contributed by atoms with van der Waals surface area (Å²) in [6, 6.07) is 19.8. The van der Waals surface area contributed by atoms with Crippen molar-refractivity contribution in [3.63, 3.8) is 0 Å². The number of carbonyl (C=O) groups excluding carboxylic acids is 3. The van der Waals surface area contributed by atoms with Crippen molar-refractivity contribution in [2.24, 2.45) is 0 Å². The maximum absolute atomic E-state index is 13.5. The van der Waals surface area contributed by atoms with Crippen LogP contribution in [0.1, 0.15) is 92.4 Å². The standard InChI is InChI=1S/C39H41F9O7/c1-3-4-5-8-11-26(2)54-33(49)29-14-12-27(13-15-29)28-16-22-32(23-17-28)55-34(50)30-18-20-31(21-19-30)52-24-9-6-7-10-25-53-35(51)36(40,41)37(42,43)38(44,45)39(46,47)48/h12-23,26H,3-11,24-25H2,1-2H3. The molecule has 0 aliphatic rings. The molecule has 302 valence electrons. The van der Waals surface area contributed by atoms with E-state index in [0.29, 0.717) is 29.9 Å². The lowest BCUT2D eigenvalue weighted by atomic mass is 10.0. The largest absolute Gasteiger partial charge is 0.494 e. The quantitative estimate of drug-likeness (QED) is 0.0459. The summed E-state index contributed by atoms with van der Waals surface area (Å²) in [4.78, 5) is 36.4. The first-order valence-corrected chi connectivity index (χ1v) is 17.6. The Balaban J connectivity index is 1.36. The van der Waals surface area contributed by atoms with Gasteiger partial charge in [-0.1, -0.05) is 50.5 Å². The first-order chi connectivity index (χ1) is 25.8. The lowest BCUT2D eigenvalue weighted by Gasteiger charge is -2.32. The zero-order chi connectivity index (χ0) is 40.9. The van der Waals surface area contributed by atoms with Gasteiger partial charge in [-0.05, 0) is 105 Å². The predicted molar refractivity (Wildman–Crippen MR) is 183 cm³/mol. The minimum atomic E-state index is -7.18. The topological polar surface area (TPSA) is 88.1 Å². The molecule has 0 spiro atoms. The van der Waals surface area contributed by atoms with Crippen LogP contribution in [0.4, 0.5) is 39.5 Å². The second kappa shape index (κ2) is 19.7. The zero-order valence-electron chi connectivity index (χ0n) is 30.0. The second-order valence-electron chi connectivity index (χ2n) is 12.7. The lowest BCUT2D eigenvalue weighted by molar-refractivity contribution is -0.390. The van der Waals surface area contributed by atoms with Crippen LogP contribution in [0.2, 0.25) is 0 Å². The molecule has 0 aliphatic carbocycles. The number of unbranched alkanes of at least 4 members (excludes halogenated alkanes) is 6. The van der Waals surface area contributed by atoms with E-state index in [0.717, 1.165) is 43.2 Å². The van der Waals surface area contributed by atoms with Crippen LogP contribution in [0.15, 0.2) is 72.8 Å². The number of hydrogen-bond acceptors (Lipinski definition) is 7. The Bertz CT molecular complexity index is 1680. The zero-order valence-corrected chi connectivity index (χ0v) is 30.0. The summed E-state index contributed by atoms with van der Waals surface area (Å²) in [7, 11) is 0. The molecule has 55 heavy (non-hydrogen) atoms. The van der Waals surface area contributed by atoms with Gasteiger partial charge in [-0.2, -0.15) is 39.5 Å². The van der Waals surface area contributed by atoms with Crippen molar-refractivity contribution < 1.29 is 72.8 Å². The maximum atomic E-state index is 13.5. The van der Waals surface area contributed by atoms with E-state index in [1.807, 2.05) is 6.92 Å². The number of hydrogen-bond donors (Lipinski definition) is 0. The van der Waals surface area contributed by atoms with Crippen LogP contribution in [-0.4, -0.2) is 61.2 Å². The summed E-state index contributed by atoms with van der Waals surface area (Å²) in [5.41, 5.74) is 2.36. The fourth-order valence-corrected chi connectivity index (χ4v) is 5.04. The molecule has 0 aliphatic heterocycles. The first-order valence-electron chi connectivity index (χ1n) is 17.6. The lowest BCUT2D eigenvalue weighted by Crippen LogP contribution is -2.63. The minimum Gasteiger partial charge on any atom is -0.494 e. The summed E-state index contributed by atoms with van der Waals surface area (Å²) in [6.07, 6.45) is -1.21. The van der Waals surface area contributed by atoms with Crippen molar-refractivity contribution in [3.8, 4) is 22.6 Å². The normalized spacial score (nSPS) is 12.9. The fraction of sp³-hybridized carbons (Fsp3) is 0.462. The molecular formula is C39H41F9O7. The van der Waals surface area contributed by atoms with E-state index in [1.54, 1.807) is 48.5 Å². The average molecular weight is 793 g/mol. The molecule has 7 nitrogen and oxygen atoms in total. The molecule has 3 aromatic rings. The average Bonchev–Trinajstić information content (AvgIpc) is 3.14. The van der Waals surface area contributed by atoms with Crippen molar-refractivity contribution in [1.82, 2.24) is 0 Å². The van der Waals surface area contributed by atoms with Gasteiger partial charge in [-0.25, -0.2) is 14.4 Å². The Morgan fingerprint density at radius 2 is 1.07 bits per heavy atom. The highest BCUT2D eigenvalue weighted by Gasteiger charge is 2.84. The summed E-state index contributed by atoms with van der Waals surface area (Å²) in [5, 5.41) is 0. The molecule has 1 atom stereocenters. The molecule has 0 amide bonds. The number of alkyl halides is 9. The molecule has 3 rings (SSSR count). The van der Waals surface area contributed by atoms with Crippen LogP contribution in [0.3, 0.4) is 0 Å². The number of rotatable bonds is 21. The number of ether oxygens (including phenoxy) is 4. The van der Waals surface area contributed by atoms with E-state index in [1.165, 1.54) is 24.3 Å². The SMILES string of the molecule is CCCCCCC(C)OC(=O)c1ccc(-c2ccc(OC(=O)c3ccc(OCCCCCCOC(=O)C(F)(F)C(F)(F)C(F)(F)C(F)(F)F)cc3)cc2)cc1. The van der Waals surface area contributed by atoms with E-state index < -0.39 is 42.5 Å². The Hall–Kier alpha value is -4.76. The molecule has 3 aromatic carbocycles. The number of benzene rings is 3. The number of carbonyl (C=O) groups is 3. The van der Waals surface area contributed by atoms with Crippen LogP contribution in [0, 0.1) is 0 Å². The van der Waals surface area contributed by atoms with Crippen LogP contribution in [-0.2, 0) is 14.3 Å². The van der Waals surface area contributed by atoms with Gasteiger partial charge >= 0.3 is 41.9 Å². The minimum absolute atomic E-state index is 0.151. The molecule has 0 heterocycles. The summed E-state index contributed by atoms with van der Waals surface area (Å²) in [5.74, 6) is -24.2. The van der Waals surface area contributed by atoms with Gasteiger partial charge in [-0.3, -0.25) is 0 Å². The monoisotopic (exact) mass is 792 g/mol. The van der Waals surface area contributed by atoms with E-state index in [9.17, 15) is 53.9 Å². The van der Waals surface area contributed by atoms with Crippen molar-refractivity contribution >= 4 is 17.9 Å². The third-order valence-electron chi connectivity index (χ3n) is 8.32. The Morgan fingerprint density at radius 3 is 1.64 bits per heavy atom. The van der Waals surface area contributed by atoms with Crippen LogP contribution in [0.5, 0.6) is 11.5 Å². The summed E-state index contributed by atoms with van der Waals surface area (Å²) >= 11 is 0. The summed E-state index contributed by atoms with van der Waals surface area (Å²) in [6.45, 7) is 3.26. The highest BCUT2D eigenvalue weighted by atomic mass is 19.4. The van der Waals surface area contributed by atoms with Crippen molar-refractivity contribution in [3.05, 3.63) is 83.9 Å². The Kier molecular flexibility index (Phi) is 16.0. The molecule has 0 aromatic heterocycles. The van der Waals surface area contributed by atoms with E-state index in [4.69, 9.17) is 14.2 Å². The van der Waals surface area contributed by atoms with Gasteiger partial charge in [0, 0.05) is 0 Å². The third kappa shape index (κ3) is 12.1. The van der Waals surface area contributed by atoms with Gasteiger partial charge in [0.05, 0.1) is 30.4 Å². The molecule has 16 heteroatoms.